The Morgan fingerprint density at radius 1 is 1.46 bits per heavy atom. The molecule has 24 heavy (non-hydrogen) atoms. The number of halogens is 1. The van der Waals surface area contributed by atoms with E-state index in [1.807, 2.05) is 0 Å². The fraction of sp³-hybridized carbons (Fsp3) is 0.438. The number of carbonyl (C=O) groups excluding carboxylic acids is 1. The number of phenolic OH excluding ortho intramolecular Hbond substituents is 1. The van der Waals surface area contributed by atoms with Crippen LogP contribution in [0.25, 0.3) is 10.9 Å². The molecule has 1 aromatic heterocycles. The van der Waals surface area contributed by atoms with Crippen LogP contribution in [-0.2, 0) is 4.74 Å². The van der Waals surface area contributed by atoms with Gasteiger partial charge in [0.2, 0.25) is 5.88 Å². The number of phenols is 1. The van der Waals surface area contributed by atoms with Gasteiger partial charge in [-0.2, -0.15) is 0 Å². The van der Waals surface area contributed by atoms with Crippen molar-refractivity contribution in [1.82, 2.24) is 10.3 Å². The summed E-state index contributed by atoms with van der Waals surface area (Å²) in [5.41, 5.74) is 1.29. The van der Waals surface area contributed by atoms with Crippen molar-refractivity contribution in [1.29, 1.82) is 0 Å². The number of fused-ring (bicyclic) bond motifs is 1. The summed E-state index contributed by atoms with van der Waals surface area (Å²) in [6.45, 7) is 1.84. The second-order valence-corrected chi connectivity index (χ2v) is 5.56. The molecule has 1 aliphatic carbocycles. The standard InChI is InChI=1S/C16H20N2O5.ClH/c1-2-22-16(21)23-14-7-11-10(5-6-13(20)15(11)18-14)12(8-19)17-9-3-4-9;/h5-7,9,12,17-20H,2-4,8H2,1H3;1H. The molecule has 0 amide bonds. The van der Waals surface area contributed by atoms with Gasteiger partial charge in [0.15, 0.2) is 0 Å². The minimum absolute atomic E-state index is 0. The highest BCUT2D eigenvalue weighted by atomic mass is 35.5. The molecule has 0 aliphatic heterocycles. The number of ether oxygens (including phenoxy) is 2. The van der Waals surface area contributed by atoms with Crippen molar-refractivity contribution in [3.8, 4) is 11.6 Å². The maximum atomic E-state index is 11.4. The zero-order valence-corrected chi connectivity index (χ0v) is 14.1. The average Bonchev–Trinajstić information content (AvgIpc) is 3.24. The summed E-state index contributed by atoms with van der Waals surface area (Å²) in [4.78, 5) is 14.3. The first kappa shape index (κ1) is 18.4. The third kappa shape index (κ3) is 3.92. The van der Waals surface area contributed by atoms with Gasteiger partial charge < -0.3 is 30.0 Å². The van der Waals surface area contributed by atoms with E-state index in [2.05, 4.69) is 10.3 Å². The molecule has 1 fully saturated rings. The molecule has 2 aromatic rings. The van der Waals surface area contributed by atoms with Crippen LogP contribution in [0, 0.1) is 0 Å². The van der Waals surface area contributed by atoms with Crippen LogP contribution in [-0.4, -0.2) is 40.6 Å². The van der Waals surface area contributed by atoms with Crippen molar-refractivity contribution in [2.45, 2.75) is 31.8 Å². The molecule has 0 saturated heterocycles. The highest BCUT2D eigenvalue weighted by molar-refractivity contribution is 5.90. The lowest BCUT2D eigenvalue weighted by Crippen LogP contribution is -2.26. The normalized spacial score (nSPS) is 14.9. The van der Waals surface area contributed by atoms with Crippen LogP contribution in [0.2, 0.25) is 0 Å². The van der Waals surface area contributed by atoms with Crippen LogP contribution in [0.3, 0.4) is 0 Å². The molecule has 3 rings (SSSR count). The zero-order valence-electron chi connectivity index (χ0n) is 13.2. The Balaban J connectivity index is 0.00000208. The van der Waals surface area contributed by atoms with Crippen LogP contribution in [0.4, 0.5) is 4.79 Å². The molecule has 1 aliphatic rings. The first-order chi connectivity index (χ1) is 11.1. The topological polar surface area (TPSA) is 104 Å². The molecule has 132 valence electrons. The van der Waals surface area contributed by atoms with Gasteiger partial charge in [-0.15, -0.1) is 12.4 Å². The van der Waals surface area contributed by atoms with E-state index < -0.39 is 6.16 Å². The van der Waals surface area contributed by atoms with E-state index >= 15 is 0 Å². The Bertz CT molecular complexity index is 714. The third-order valence-electron chi connectivity index (χ3n) is 3.81. The van der Waals surface area contributed by atoms with Crippen molar-refractivity contribution >= 4 is 29.5 Å². The largest absolute Gasteiger partial charge is 0.515 e. The van der Waals surface area contributed by atoms with E-state index in [9.17, 15) is 15.0 Å². The molecule has 0 radical (unpaired) electrons. The number of aliphatic hydroxyl groups excluding tert-OH is 1. The molecule has 1 heterocycles. The molecular weight excluding hydrogens is 336 g/mol. The van der Waals surface area contributed by atoms with Crippen LogP contribution < -0.4 is 10.1 Å². The Kier molecular flexibility index (Phi) is 5.93. The lowest BCUT2D eigenvalue weighted by molar-refractivity contribution is 0.103. The van der Waals surface area contributed by atoms with Gasteiger partial charge in [-0.1, -0.05) is 6.07 Å². The minimum Gasteiger partial charge on any atom is -0.506 e. The summed E-state index contributed by atoms with van der Waals surface area (Å²) in [5.74, 6) is 0.231. The van der Waals surface area contributed by atoms with Gasteiger partial charge in [-0.25, -0.2) is 4.79 Å². The van der Waals surface area contributed by atoms with Gasteiger partial charge >= 0.3 is 6.16 Å². The molecule has 1 unspecified atom stereocenters. The number of carbonyl (C=O) groups is 1. The van der Waals surface area contributed by atoms with E-state index in [1.165, 1.54) is 0 Å². The summed E-state index contributed by atoms with van der Waals surface area (Å²) in [5, 5.41) is 23.7. The van der Waals surface area contributed by atoms with Crippen LogP contribution in [0.15, 0.2) is 18.2 Å². The number of aromatic amines is 1. The summed E-state index contributed by atoms with van der Waals surface area (Å²) in [6.07, 6.45) is 1.39. The van der Waals surface area contributed by atoms with Crippen molar-refractivity contribution in [2.75, 3.05) is 13.2 Å². The highest BCUT2D eigenvalue weighted by Gasteiger charge is 2.26. The number of aromatic nitrogens is 1. The summed E-state index contributed by atoms with van der Waals surface area (Å²) in [7, 11) is 0. The van der Waals surface area contributed by atoms with Crippen LogP contribution in [0.5, 0.6) is 11.6 Å². The third-order valence-corrected chi connectivity index (χ3v) is 3.81. The Hall–Kier alpha value is -1.96. The van der Waals surface area contributed by atoms with E-state index in [1.54, 1.807) is 25.1 Å². The maximum absolute atomic E-state index is 11.4. The Labute approximate surface area is 145 Å². The van der Waals surface area contributed by atoms with E-state index in [-0.39, 0.29) is 43.3 Å². The van der Waals surface area contributed by atoms with Gasteiger partial charge in [0.1, 0.15) is 5.75 Å². The SMILES string of the molecule is CCOC(=O)Oc1cc2c(C(CO)NC3CC3)ccc(O)c2[nH]1.Cl. The summed E-state index contributed by atoms with van der Waals surface area (Å²) in [6, 6.07) is 5.12. The van der Waals surface area contributed by atoms with E-state index in [4.69, 9.17) is 9.47 Å². The predicted octanol–water partition coefficient (Wildman–Crippen LogP) is 2.62. The number of H-pyrrole nitrogens is 1. The van der Waals surface area contributed by atoms with Gasteiger partial charge in [0, 0.05) is 17.5 Å². The molecule has 8 heteroatoms. The second kappa shape index (κ2) is 7.74. The van der Waals surface area contributed by atoms with Gasteiger partial charge in [-0.05, 0) is 31.4 Å². The predicted molar refractivity (Wildman–Crippen MR) is 90.8 cm³/mol. The quantitative estimate of drug-likeness (QED) is 0.593. The molecule has 1 aromatic carbocycles. The minimum atomic E-state index is -0.810. The van der Waals surface area contributed by atoms with Crippen molar-refractivity contribution in [2.24, 2.45) is 0 Å². The number of aromatic hydroxyl groups is 1. The van der Waals surface area contributed by atoms with Crippen LogP contribution >= 0.6 is 12.4 Å². The smallest absolute Gasteiger partial charge is 0.506 e. The molecule has 7 nitrogen and oxygen atoms in total. The number of hydrogen-bond donors (Lipinski definition) is 4. The van der Waals surface area contributed by atoms with E-state index in [0.29, 0.717) is 16.9 Å². The summed E-state index contributed by atoms with van der Waals surface area (Å²) < 4.78 is 9.78. The number of benzene rings is 1. The lowest BCUT2D eigenvalue weighted by atomic mass is 10.0. The molecule has 4 N–H and O–H groups in total. The summed E-state index contributed by atoms with van der Waals surface area (Å²) >= 11 is 0. The molecule has 0 bridgehead atoms. The first-order valence-electron chi connectivity index (χ1n) is 7.68. The van der Waals surface area contributed by atoms with Crippen LogP contribution in [0.1, 0.15) is 31.4 Å². The maximum Gasteiger partial charge on any atom is 0.515 e. The first-order valence-corrected chi connectivity index (χ1v) is 7.68. The van der Waals surface area contributed by atoms with Gasteiger partial charge in [0.25, 0.3) is 0 Å². The lowest BCUT2D eigenvalue weighted by Gasteiger charge is -2.17. The van der Waals surface area contributed by atoms with E-state index in [0.717, 1.165) is 18.4 Å². The Morgan fingerprint density at radius 2 is 2.21 bits per heavy atom. The molecule has 0 spiro atoms. The monoisotopic (exact) mass is 356 g/mol. The number of nitrogens with one attached hydrogen (secondary N) is 2. The fourth-order valence-corrected chi connectivity index (χ4v) is 2.57. The van der Waals surface area contributed by atoms with Crippen molar-refractivity contribution in [3.05, 3.63) is 23.8 Å². The Morgan fingerprint density at radius 3 is 2.83 bits per heavy atom. The fourth-order valence-electron chi connectivity index (χ4n) is 2.57. The molecular formula is C16H21ClN2O5. The van der Waals surface area contributed by atoms with Gasteiger partial charge in [-0.3, -0.25) is 0 Å². The highest BCUT2D eigenvalue weighted by Crippen LogP contribution is 2.35. The molecule has 1 atom stereocenters. The number of aliphatic hydroxyl groups is 1. The van der Waals surface area contributed by atoms with Crippen molar-refractivity contribution < 1.29 is 24.5 Å². The second-order valence-electron chi connectivity index (χ2n) is 5.56. The zero-order chi connectivity index (χ0) is 16.4. The number of hydrogen-bond acceptors (Lipinski definition) is 6. The number of rotatable bonds is 6. The molecule has 1 saturated carbocycles. The van der Waals surface area contributed by atoms with Crippen molar-refractivity contribution in [3.63, 3.8) is 0 Å². The van der Waals surface area contributed by atoms with Gasteiger partial charge in [0.05, 0.1) is 24.8 Å². The average molecular weight is 357 g/mol.